The van der Waals surface area contributed by atoms with Gasteiger partial charge in [-0.05, 0) is 49.2 Å². The largest absolute Gasteiger partial charge is 0.465 e. The lowest BCUT2D eigenvalue weighted by molar-refractivity contribution is 0.0600. The van der Waals surface area contributed by atoms with Gasteiger partial charge in [-0.2, -0.15) is 0 Å². The molecule has 0 radical (unpaired) electrons. The summed E-state index contributed by atoms with van der Waals surface area (Å²) in [5.74, 6) is -0.423. The maximum Gasteiger partial charge on any atom is 0.337 e. The Labute approximate surface area is 173 Å². The minimum atomic E-state index is -0.423. The van der Waals surface area contributed by atoms with Crippen molar-refractivity contribution in [2.45, 2.75) is 18.9 Å². The van der Waals surface area contributed by atoms with Crippen molar-refractivity contribution >= 4 is 28.6 Å². The van der Waals surface area contributed by atoms with E-state index < -0.39 is 5.97 Å². The third kappa shape index (κ3) is 3.89. The van der Waals surface area contributed by atoms with Crippen molar-refractivity contribution in [3.8, 4) is 0 Å². The molecular formula is C22H22N4O4. The van der Waals surface area contributed by atoms with Gasteiger partial charge < -0.3 is 15.0 Å². The maximum atomic E-state index is 12.8. The van der Waals surface area contributed by atoms with E-state index in [9.17, 15) is 14.4 Å². The molecule has 0 saturated carbocycles. The predicted molar refractivity (Wildman–Crippen MR) is 113 cm³/mol. The number of hydrogen-bond acceptors (Lipinski definition) is 5. The molecule has 8 heteroatoms. The zero-order chi connectivity index (χ0) is 21.1. The van der Waals surface area contributed by atoms with Crippen LogP contribution in [0.5, 0.6) is 0 Å². The van der Waals surface area contributed by atoms with Gasteiger partial charge in [0.2, 0.25) is 0 Å². The molecule has 2 amide bonds. The van der Waals surface area contributed by atoms with Crippen LogP contribution >= 0.6 is 0 Å². The normalized spacial score (nSPS) is 14.5. The Bertz CT molecular complexity index is 1130. The molecule has 0 aliphatic carbocycles. The molecule has 1 aliphatic heterocycles. The van der Waals surface area contributed by atoms with Crippen molar-refractivity contribution in [1.29, 1.82) is 0 Å². The summed E-state index contributed by atoms with van der Waals surface area (Å²) in [5.41, 5.74) is 1.67. The van der Waals surface area contributed by atoms with Gasteiger partial charge in [-0.25, -0.2) is 14.6 Å². The number of para-hydroxylation sites is 1. The molecule has 0 spiro atoms. The zero-order valence-electron chi connectivity index (χ0n) is 16.6. The Morgan fingerprint density at radius 2 is 1.77 bits per heavy atom. The first-order valence-corrected chi connectivity index (χ1v) is 9.77. The smallest absolute Gasteiger partial charge is 0.337 e. The number of methoxy groups -OCH3 is 1. The highest BCUT2D eigenvalue weighted by Gasteiger charge is 2.25. The maximum absolute atomic E-state index is 12.8. The molecular weight excluding hydrogens is 384 g/mol. The molecule has 3 aromatic rings. The van der Waals surface area contributed by atoms with Crippen molar-refractivity contribution in [2.24, 2.45) is 0 Å². The average molecular weight is 406 g/mol. The number of esters is 1. The van der Waals surface area contributed by atoms with Gasteiger partial charge in [0.15, 0.2) is 0 Å². The SMILES string of the molecule is COC(=O)c1ccc(NC(=O)N2CCC(n3cnc4ccccc4c3=O)CC2)cc1. The summed E-state index contributed by atoms with van der Waals surface area (Å²) in [6.07, 6.45) is 2.96. The second kappa shape index (κ2) is 8.36. The minimum absolute atomic E-state index is 0.0120. The molecule has 2 heterocycles. The Morgan fingerprint density at radius 1 is 1.07 bits per heavy atom. The molecule has 1 aromatic heterocycles. The molecule has 30 heavy (non-hydrogen) atoms. The van der Waals surface area contributed by atoms with Crippen LogP contribution < -0.4 is 10.9 Å². The highest BCUT2D eigenvalue weighted by molar-refractivity contribution is 5.92. The number of ether oxygens (including phenoxy) is 1. The number of carbonyl (C=O) groups is 2. The number of carbonyl (C=O) groups excluding carboxylic acids is 2. The van der Waals surface area contributed by atoms with Crippen LogP contribution in [0, 0.1) is 0 Å². The molecule has 4 rings (SSSR count). The highest BCUT2D eigenvalue weighted by Crippen LogP contribution is 2.22. The molecule has 0 atom stereocenters. The summed E-state index contributed by atoms with van der Waals surface area (Å²) >= 11 is 0. The molecule has 2 aromatic carbocycles. The van der Waals surface area contributed by atoms with E-state index in [1.54, 1.807) is 46.1 Å². The quantitative estimate of drug-likeness (QED) is 0.675. The van der Waals surface area contributed by atoms with Crippen molar-refractivity contribution in [3.05, 3.63) is 70.8 Å². The van der Waals surface area contributed by atoms with Gasteiger partial charge in [0.1, 0.15) is 0 Å². The predicted octanol–water partition coefficient (Wildman–Crippen LogP) is 3.05. The molecule has 154 valence electrons. The number of hydrogen-bond donors (Lipinski definition) is 1. The number of rotatable bonds is 3. The van der Waals surface area contributed by atoms with E-state index in [0.717, 1.165) is 0 Å². The van der Waals surface area contributed by atoms with Crippen molar-refractivity contribution in [2.75, 3.05) is 25.5 Å². The van der Waals surface area contributed by atoms with E-state index in [1.165, 1.54) is 7.11 Å². The molecule has 1 saturated heterocycles. The summed E-state index contributed by atoms with van der Waals surface area (Å²) in [5, 5.41) is 3.45. The van der Waals surface area contributed by atoms with E-state index in [2.05, 4.69) is 15.0 Å². The molecule has 1 fully saturated rings. The van der Waals surface area contributed by atoms with E-state index in [1.807, 2.05) is 18.2 Å². The Kier molecular flexibility index (Phi) is 5.47. The van der Waals surface area contributed by atoms with E-state index in [0.29, 0.717) is 48.1 Å². The van der Waals surface area contributed by atoms with Gasteiger partial charge in [-0.3, -0.25) is 9.36 Å². The molecule has 1 aliphatic rings. The summed E-state index contributed by atoms with van der Waals surface area (Å²) in [6, 6.07) is 13.6. The number of nitrogens with zero attached hydrogens (tertiary/aromatic N) is 3. The Hall–Kier alpha value is -3.68. The van der Waals surface area contributed by atoms with Gasteiger partial charge in [0.05, 0.1) is 29.9 Å². The second-order valence-electron chi connectivity index (χ2n) is 7.19. The van der Waals surface area contributed by atoms with Gasteiger partial charge >= 0.3 is 12.0 Å². The van der Waals surface area contributed by atoms with Crippen LogP contribution in [-0.2, 0) is 4.74 Å². The fraction of sp³-hybridized carbons (Fsp3) is 0.273. The van der Waals surface area contributed by atoms with E-state index in [-0.39, 0.29) is 17.6 Å². The number of nitrogens with one attached hydrogen (secondary N) is 1. The van der Waals surface area contributed by atoms with Gasteiger partial charge in [-0.15, -0.1) is 0 Å². The second-order valence-corrected chi connectivity index (χ2v) is 7.19. The summed E-state index contributed by atoms with van der Waals surface area (Å²) < 4.78 is 6.35. The number of urea groups is 1. The number of fused-ring (bicyclic) bond motifs is 1. The molecule has 1 N–H and O–H groups in total. The Morgan fingerprint density at radius 3 is 2.47 bits per heavy atom. The summed E-state index contributed by atoms with van der Waals surface area (Å²) in [7, 11) is 1.32. The fourth-order valence-corrected chi connectivity index (χ4v) is 3.70. The number of benzene rings is 2. The van der Waals surface area contributed by atoms with Crippen molar-refractivity contribution in [3.63, 3.8) is 0 Å². The van der Waals surface area contributed by atoms with Crippen LogP contribution in [0.4, 0.5) is 10.5 Å². The number of aromatic nitrogens is 2. The number of likely N-dealkylation sites (tertiary alicyclic amines) is 1. The van der Waals surface area contributed by atoms with Gasteiger partial charge in [-0.1, -0.05) is 12.1 Å². The molecule has 0 bridgehead atoms. The van der Waals surface area contributed by atoms with Crippen LogP contribution in [-0.4, -0.2) is 46.7 Å². The number of amides is 2. The monoisotopic (exact) mass is 406 g/mol. The van der Waals surface area contributed by atoms with E-state index in [4.69, 9.17) is 0 Å². The molecule has 0 unspecified atom stereocenters. The van der Waals surface area contributed by atoms with Crippen LogP contribution in [0.25, 0.3) is 10.9 Å². The fourth-order valence-electron chi connectivity index (χ4n) is 3.70. The lowest BCUT2D eigenvalue weighted by atomic mass is 10.0. The lowest BCUT2D eigenvalue weighted by Gasteiger charge is -2.32. The standard InChI is InChI=1S/C22H22N4O4/c1-30-21(28)15-6-8-16(9-7-15)24-22(29)25-12-10-17(11-13-25)26-14-23-19-5-3-2-4-18(19)20(26)27/h2-9,14,17H,10-13H2,1H3,(H,24,29). The van der Waals surface area contributed by atoms with Crippen molar-refractivity contribution in [1.82, 2.24) is 14.5 Å². The average Bonchev–Trinajstić information content (AvgIpc) is 2.79. The third-order valence-electron chi connectivity index (χ3n) is 5.39. The first-order valence-electron chi connectivity index (χ1n) is 9.77. The topological polar surface area (TPSA) is 93.5 Å². The number of anilines is 1. The molecule has 8 nitrogen and oxygen atoms in total. The Balaban J connectivity index is 1.38. The third-order valence-corrected chi connectivity index (χ3v) is 5.39. The first-order chi connectivity index (χ1) is 14.6. The number of piperidine rings is 1. The van der Waals surface area contributed by atoms with Crippen LogP contribution in [0.2, 0.25) is 0 Å². The minimum Gasteiger partial charge on any atom is -0.465 e. The lowest BCUT2D eigenvalue weighted by Crippen LogP contribution is -2.42. The van der Waals surface area contributed by atoms with Crippen LogP contribution in [0.3, 0.4) is 0 Å². The summed E-state index contributed by atoms with van der Waals surface area (Å²) in [6.45, 7) is 1.08. The van der Waals surface area contributed by atoms with Crippen LogP contribution in [0.1, 0.15) is 29.2 Å². The van der Waals surface area contributed by atoms with Gasteiger partial charge in [0, 0.05) is 24.8 Å². The van der Waals surface area contributed by atoms with Gasteiger partial charge in [0.25, 0.3) is 5.56 Å². The van der Waals surface area contributed by atoms with Crippen LogP contribution in [0.15, 0.2) is 59.7 Å². The summed E-state index contributed by atoms with van der Waals surface area (Å²) in [4.78, 5) is 43.0. The van der Waals surface area contributed by atoms with E-state index >= 15 is 0 Å². The first kappa shape index (κ1) is 19.6. The highest BCUT2D eigenvalue weighted by atomic mass is 16.5. The van der Waals surface area contributed by atoms with Crippen molar-refractivity contribution < 1.29 is 14.3 Å². The zero-order valence-corrected chi connectivity index (χ0v) is 16.6.